The molecular formula is C19H17ClN4O3S. The van der Waals surface area contributed by atoms with Crippen LogP contribution in [0.5, 0.6) is 0 Å². The van der Waals surface area contributed by atoms with Crippen LogP contribution in [-0.4, -0.2) is 30.8 Å². The Labute approximate surface area is 167 Å². The van der Waals surface area contributed by atoms with Crippen LogP contribution in [0.4, 0.5) is 5.69 Å². The number of halogens is 1. The molecule has 2 aromatic carbocycles. The molecule has 0 spiro atoms. The second-order valence-electron chi connectivity index (χ2n) is 5.81. The van der Waals surface area contributed by atoms with Crippen LogP contribution < -0.4 is 10.0 Å². The van der Waals surface area contributed by atoms with Crippen LogP contribution in [0.2, 0.25) is 5.02 Å². The summed E-state index contributed by atoms with van der Waals surface area (Å²) in [7, 11) is -3.73. The van der Waals surface area contributed by atoms with E-state index in [4.69, 9.17) is 11.6 Å². The highest BCUT2D eigenvalue weighted by atomic mass is 35.5. The number of aromatic nitrogens is 2. The summed E-state index contributed by atoms with van der Waals surface area (Å²) in [5, 5.41) is 2.95. The highest BCUT2D eigenvalue weighted by molar-refractivity contribution is 7.89. The van der Waals surface area contributed by atoms with E-state index in [0.717, 1.165) is 5.56 Å². The Kier molecular flexibility index (Phi) is 6.35. The molecule has 2 N–H and O–H groups in total. The number of rotatable bonds is 7. The van der Waals surface area contributed by atoms with Crippen molar-refractivity contribution >= 4 is 33.2 Å². The number of anilines is 1. The van der Waals surface area contributed by atoms with Crippen molar-refractivity contribution in [1.82, 2.24) is 14.7 Å². The van der Waals surface area contributed by atoms with Gasteiger partial charge < -0.3 is 5.32 Å². The molecule has 0 radical (unpaired) electrons. The average molecular weight is 417 g/mol. The number of carbonyl (C=O) groups is 1. The first-order valence-electron chi connectivity index (χ1n) is 8.36. The normalized spacial score (nSPS) is 11.2. The zero-order chi connectivity index (χ0) is 20.0. The van der Waals surface area contributed by atoms with E-state index in [1.807, 2.05) is 30.3 Å². The molecule has 7 nitrogen and oxygen atoms in total. The van der Waals surface area contributed by atoms with Crippen LogP contribution in [0.25, 0.3) is 11.4 Å². The molecule has 0 bridgehead atoms. The highest BCUT2D eigenvalue weighted by Gasteiger charge is 2.14. The van der Waals surface area contributed by atoms with E-state index in [1.54, 1.807) is 12.1 Å². The third-order valence-corrected chi connectivity index (χ3v) is 5.41. The Morgan fingerprint density at radius 3 is 2.39 bits per heavy atom. The average Bonchev–Trinajstić information content (AvgIpc) is 2.69. The lowest BCUT2D eigenvalue weighted by Gasteiger charge is -2.08. The molecule has 3 aromatic rings. The lowest BCUT2D eigenvalue weighted by Crippen LogP contribution is -2.27. The molecule has 9 heteroatoms. The van der Waals surface area contributed by atoms with Gasteiger partial charge in [0.2, 0.25) is 15.9 Å². The molecular weight excluding hydrogens is 400 g/mol. The molecule has 1 aromatic heterocycles. The standard InChI is InChI=1S/C19H17ClN4O3S/c20-15-7-4-8-17(11-15)28(26,27)23-10-9-18(25)24-16-12-21-19(22-13-16)14-5-2-1-3-6-14/h1-8,11-13,23H,9-10H2,(H,24,25). The van der Waals surface area contributed by atoms with E-state index in [2.05, 4.69) is 20.0 Å². The Bertz CT molecular complexity index is 1060. The van der Waals surface area contributed by atoms with Crippen LogP contribution in [0.15, 0.2) is 71.9 Å². The summed E-state index contributed by atoms with van der Waals surface area (Å²) >= 11 is 5.81. The predicted molar refractivity (Wildman–Crippen MR) is 107 cm³/mol. The maximum Gasteiger partial charge on any atom is 0.240 e. The molecule has 0 aliphatic carbocycles. The second kappa shape index (κ2) is 8.92. The lowest BCUT2D eigenvalue weighted by molar-refractivity contribution is -0.116. The molecule has 1 heterocycles. The number of carbonyl (C=O) groups excluding carboxylic acids is 1. The molecule has 0 saturated heterocycles. The van der Waals surface area contributed by atoms with Gasteiger partial charge in [-0.1, -0.05) is 48.0 Å². The van der Waals surface area contributed by atoms with Gasteiger partial charge in [-0.3, -0.25) is 4.79 Å². The van der Waals surface area contributed by atoms with Crippen LogP contribution in [-0.2, 0) is 14.8 Å². The minimum absolute atomic E-state index is 0.0414. The van der Waals surface area contributed by atoms with E-state index in [1.165, 1.54) is 24.5 Å². The monoisotopic (exact) mass is 416 g/mol. The van der Waals surface area contributed by atoms with Crippen molar-refractivity contribution in [2.75, 3.05) is 11.9 Å². The van der Waals surface area contributed by atoms with Gasteiger partial charge in [-0.15, -0.1) is 0 Å². The zero-order valence-corrected chi connectivity index (χ0v) is 16.2. The first-order chi connectivity index (χ1) is 13.4. The number of sulfonamides is 1. The minimum atomic E-state index is -3.73. The fourth-order valence-corrected chi connectivity index (χ4v) is 3.70. The molecule has 3 rings (SSSR count). The molecule has 0 fully saturated rings. The number of nitrogens with zero attached hydrogens (tertiary/aromatic N) is 2. The van der Waals surface area contributed by atoms with Crippen LogP contribution in [0.3, 0.4) is 0 Å². The Morgan fingerprint density at radius 1 is 1.00 bits per heavy atom. The minimum Gasteiger partial charge on any atom is -0.323 e. The number of nitrogens with one attached hydrogen (secondary N) is 2. The van der Waals surface area contributed by atoms with Gasteiger partial charge in [-0.25, -0.2) is 23.1 Å². The largest absolute Gasteiger partial charge is 0.323 e. The van der Waals surface area contributed by atoms with Crippen molar-refractivity contribution in [1.29, 1.82) is 0 Å². The summed E-state index contributed by atoms with van der Waals surface area (Å²) in [4.78, 5) is 20.5. The van der Waals surface area contributed by atoms with Crippen LogP contribution in [0, 0.1) is 0 Å². The SMILES string of the molecule is O=C(CCNS(=O)(=O)c1cccc(Cl)c1)Nc1cnc(-c2ccccc2)nc1. The summed E-state index contributed by atoms with van der Waals surface area (Å²) in [6, 6.07) is 15.4. The maximum absolute atomic E-state index is 12.2. The Balaban J connectivity index is 1.52. The van der Waals surface area contributed by atoms with E-state index >= 15 is 0 Å². The van der Waals surface area contributed by atoms with Crippen LogP contribution >= 0.6 is 11.6 Å². The predicted octanol–water partition coefficient (Wildman–Crippen LogP) is 3.10. The zero-order valence-electron chi connectivity index (χ0n) is 14.7. The summed E-state index contributed by atoms with van der Waals surface area (Å²) in [5.41, 5.74) is 1.30. The molecule has 1 amide bonds. The number of hydrogen-bond acceptors (Lipinski definition) is 5. The van der Waals surface area contributed by atoms with Crippen molar-refractivity contribution in [2.45, 2.75) is 11.3 Å². The summed E-state index contributed by atoms with van der Waals surface area (Å²) in [6.07, 6.45) is 2.97. The molecule has 0 aliphatic rings. The number of hydrogen-bond donors (Lipinski definition) is 2. The van der Waals surface area contributed by atoms with Gasteiger partial charge in [0.25, 0.3) is 0 Å². The fourth-order valence-electron chi connectivity index (χ4n) is 2.37. The van der Waals surface area contributed by atoms with Crippen molar-refractivity contribution in [3.05, 3.63) is 72.0 Å². The molecule has 0 atom stereocenters. The summed E-state index contributed by atoms with van der Waals surface area (Å²) in [5.74, 6) is 0.192. The van der Waals surface area contributed by atoms with E-state index in [-0.39, 0.29) is 23.8 Å². The summed E-state index contributed by atoms with van der Waals surface area (Å²) in [6.45, 7) is -0.0519. The van der Waals surface area contributed by atoms with E-state index < -0.39 is 10.0 Å². The second-order valence-corrected chi connectivity index (χ2v) is 8.02. The maximum atomic E-state index is 12.2. The number of benzene rings is 2. The Morgan fingerprint density at radius 2 is 1.71 bits per heavy atom. The highest BCUT2D eigenvalue weighted by Crippen LogP contribution is 2.16. The van der Waals surface area contributed by atoms with Crippen molar-refractivity contribution in [2.24, 2.45) is 0 Å². The lowest BCUT2D eigenvalue weighted by atomic mass is 10.2. The molecule has 28 heavy (non-hydrogen) atoms. The van der Waals surface area contributed by atoms with Gasteiger partial charge in [-0.2, -0.15) is 0 Å². The first kappa shape index (κ1) is 19.9. The fraction of sp³-hybridized carbons (Fsp3) is 0.105. The number of amides is 1. The molecule has 0 aliphatic heterocycles. The van der Waals surface area contributed by atoms with E-state index in [0.29, 0.717) is 16.5 Å². The summed E-state index contributed by atoms with van der Waals surface area (Å²) < 4.78 is 26.7. The third kappa shape index (κ3) is 5.35. The Hall–Kier alpha value is -2.81. The van der Waals surface area contributed by atoms with Crippen molar-refractivity contribution < 1.29 is 13.2 Å². The topological polar surface area (TPSA) is 101 Å². The quantitative estimate of drug-likeness (QED) is 0.616. The van der Waals surface area contributed by atoms with Crippen molar-refractivity contribution in [3.8, 4) is 11.4 Å². The first-order valence-corrected chi connectivity index (χ1v) is 10.2. The molecule has 144 valence electrons. The van der Waals surface area contributed by atoms with E-state index in [9.17, 15) is 13.2 Å². The van der Waals surface area contributed by atoms with Gasteiger partial charge in [-0.05, 0) is 18.2 Å². The molecule has 0 unspecified atom stereocenters. The van der Waals surface area contributed by atoms with Gasteiger partial charge in [0.1, 0.15) is 0 Å². The van der Waals surface area contributed by atoms with Crippen LogP contribution in [0.1, 0.15) is 6.42 Å². The van der Waals surface area contributed by atoms with Crippen molar-refractivity contribution in [3.63, 3.8) is 0 Å². The smallest absolute Gasteiger partial charge is 0.240 e. The van der Waals surface area contributed by atoms with Gasteiger partial charge in [0.05, 0.1) is 23.0 Å². The molecule has 0 saturated carbocycles. The van der Waals surface area contributed by atoms with Gasteiger partial charge in [0, 0.05) is 23.6 Å². The van der Waals surface area contributed by atoms with Gasteiger partial charge >= 0.3 is 0 Å². The van der Waals surface area contributed by atoms with Gasteiger partial charge in [0.15, 0.2) is 5.82 Å². The third-order valence-electron chi connectivity index (χ3n) is 3.72.